The first-order chi connectivity index (χ1) is 12.1. The molecule has 0 bridgehead atoms. The Morgan fingerprint density at radius 2 is 1.80 bits per heavy atom. The Labute approximate surface area is 147 Å². The van der Waals surface area contributed by atoms with Crippen molar-refractivity contribution in [2.45, 2.75) is 24.3 Å². The number of benzene rings is 1. The van der Waals surface area contributed by atoms with Gasteiger partial charge in [-0.15, -0.1) is 0 Å². The third-order valence-electron chi connectivity index (χ3n) is 4.22. The molecule has 8 nitrogen and oxygen atoms in total. The molecule has 1 fully saturated rings. The molecule has 2 aromatic rings. The number of nitrogens with zero attached hydrogens (tertiary/aromatic N) is 5. The number of sulfonamides is 1. The summed E-state index contributed by atoms with van der Waals surface area (Å²) in [7, 11) is -3.48. The van der Waals surface area contributed by atoms with E-state index in [1.807, 2.05) is 0 Å². The van der Waals surface area contributed by atoms with Crippen LogP contribution in [0.1, 0.15) is 12.8 Å². The van der Waals surface area contributed by atoms with Gasteiger partial charge in [0.25, 0.3) is 0 Å². The second-order valence-corrected chi connectivity index (χ2v) is 7.80. The van der Waals surface area contributed by atoms with Gasteiger partial charge in [-0.2, -0.15) is 9.40 Å². The highest BCUT2D eigenvalue weighted by Crippen LogP contribution is 2.17. The molecular weight excluding hydrogens is 342 g/mol. The fourth-order valence-corrected chi connectivity index (χ4v) is 4.26. The number of hydrogen-bond acceptors (Lipinski definition) is 5. The van der Waals surface area contributed by atoms with Gasteiger partial charge in [-0.25, -0.2) is 13.4 Å². The van der Waals surface area contributed by atoms with Gasteiger partial charge < -0.3 is 4.90 Å². The van der Waals surface area contributed by atoms with E-state index in [2.05, 4.69) is 10.1 Å². The van der Waals surface area contributed by atoms with Crippen LogP contribution in [0.15, 0.2) is 47.9 Å². The average molecular weight is 363 g/mol. The second-order valence-electron chi connectivity index (χ2n) is 5.86. The van der Waals surface area contributed by atoms with Crippen LogP contribution in [0.2, 0.25) is 0 Å². The van der Waals surface area contributed by atoms with E-state index in [0.717, 1.165) is 0 Å². The minimum absolute atomic E-state index is 0.0527. The zero-order valence-electron chi connectivity index (χ0n) is 13.9. The minimum atomic E-state index is -3.48. The lowest BCUT2D eigenvalue weighted by Gasteiger charge is -2.34. The van der Waals surface area contributed by atoms with Crippen molar-refractivity contribution in [1.29, 1.82) is 0 Å². The molecule has 0 spiro atoms. The molecule has 1 aromatic heterocycles. The number of aromatic nitrogens is 3. The lowest BCUT2D eigenvalue weighted by Crippen LogP contribution is -2.50. The summed E-state index contributed by atoms with van der Waals surface area (Å²) >= 11 is 0. The SMILES string of the molecule is O=C(CCCn1cncn1)N1CCN(S(=O)(=O)c2ccccc2)CC1. The predicted molar refractivity (Wildman–Crippen MR) is 91.0 cm³/mol. The summed E-state index contributed by atoms with van der Waals surface area (Å²) < 4.78 is 28.3. The van der Waals surface area contributed by atoms with Crippen LogP contribution in [0.25, 0.3) is 0 Å². The molecule has 0 N–H and O–H groups in total. The first-order valence-corrected chi connectivity index (χ1v) is 9.67. The number of carbonyl (C=O) groups is 1. The number of hydrogen-bond donors (Lipinski definition) is 0. The number of amides is 1. The third-order valence-corrected chi connectivity index (χ3v) is 6.13. The van der Waals surface area contributed by atoms with Crippen LogP contribution >= 0.6 is 0 Å². The summed E-state index contributed by atoms with van der Waals surface area (Å²) in [5.41, 5.74) is 0. The summed E-state index contributed by atoms with van der Waals surface area (Å²) in [5, 5.41) is 4.00. The van der Waals surface area contributed by atoms with Crippen molar-refractivity contribution in [1.82, 2.24) is 24.0 Å². The summed E-state index contributed by atoms with van der Waals surface area (Å²) in [6.07, 6.45) is 4.20. The Bertz CT molecular complexity index is 784. The number of carbonyl (C=O) groups excluding carboxylic acids is 1. The molecule has 2 heterocycles. The standard InChI is InChI=1S/C16H21N5O3S/c22-16(7-4-8-20-14-17-13-18-20)19-9-11-21(12-10-19)25(23,24)15-5-2-1-3-6-15/h1-3,5-6,13-14H,4,7-12H2. The Morgan fingerprint density at radius 3 is 2.44 bits per heavy atom. The Hall–Kier alpha value is -2.26. The van der Waals surface area contributed by atoms with Crippen LogP contribution in [0.5, 0.6) is 0 Å². The first-order valence-electron chi connectivity index (χ1n) is 8.23. The van der Waals surface area contributed by atoms with E-state index in [0.29, 0.717) is 50.5 Å². The van der Waals surface area contributed by atoms with Gasteiger partial charge in [0.1, 0.15) is 12.7 Å². The summed E-state index contributed by atoms with van der Waals surface area (Å²) in [6.45, 7) is 2.15. The smallest absolute Gasteiger partial charge is 0.243 e. The molecule has 0 atom stereocenters. The maximum absolute atomic E-state index is 12.6. The first kappa shape index (κ1) is 17.6. The van der Waals surface area contributed by atoms with E-state index >= 15 is 0 Å². The third kappa shape index (κ3) is 4.23. The summed E-state index contributed by atoms with van der Waals surface area (Å²) in [4.78, 5) is 18.2. The summed E-state index contributed by atoms with van der Waals surface area (Å²) in [6, 6.07) is 8.40. The number of piperazine rings is 1. The maximum Gasteiger partial charge on any atom is 0.243 e. The molecule has 25 heavy (non-hydrogen) atoms. The van der Waals surface area contributed by atoms with Crippen LogP contribution < -0.4 is 0 Å². The molecule has 1 amide bonds. The normalized spacial score (nSPS) is 16.1. The van der Waals surface area contributed by atoms with Gasteiger partial charge in [0.2, 0.25) is 15.9 Å². The van der Waals surface area contributed by atoms with Gasteiger partial charge in [-0.3, -0.25) is 9.48 Å². The molecule has 134 valence electrons. The van der Waals surface area contributed by atoms with Gasteiger partial charge in [-0.05, 0) is 18.6 Å². The van der Waals surface area contributed by atoms with Crippen LogP contribution in [-0.4, -0.2) is 64.5 Å². The van der Waals surface area contributed by atoms with Gasteiger partial charge >= 0.3 is 0 Å². The van der Waals surface area contributed by atoms with Crippen LogP contribution in [0.4, 0.5) is 0 Å². The molecule has 0 aliphatic carbocycles. The molecule has 1 aliphatic heterocycles. The minimum Gasteiger partial charge on any atom is -0.340 e. The van der Waals surface area contributed by atoms with Crippen LogP contribution in [0, 0.1) is 0 Å². The van der Waals surface area contributed by atoms with E-state index < -0.39 is 10.0 Å². The zero-order valence-corrected chi connectivity index (χ0v) is 14.7. The fourth-order valence-electron chi connectivity index (χ4n) is 2.82. The molecule has 3 rings (SSSR count). The van der Waals surface area contributed by atoms with Gasteiger partial charge in [-0.1, -0.05) is 18.2 Å². The van der Waals surface area contributed by atoms with E-state index in [-0.39, 0.29) is 5.91 Å². The van der Waals surface area contributed by atoms with Gasteiger partial charge in [0, 0.05) is 39.1 Å². The Morgan fingerprint density at radius 1 is 1.08 bits per heavy atom. The van der Waals surface area contributed by atoms with E-state index in [1.165, 1.54) is 10.6 Å². The Balaban J connectivity index is 1.49. The topological polar surface area (TPSA) is 88.4 Å². The van der Waals surface area contributed by atoms with Crippen molar-refractivity contribution in [3.8, 4) is 0 Å². The predicted octanol–water partition coefficient (Wildman–Crippen LogP) is 0.591. The van der Waals surface area contributed by atoms with Crippen molar-refractivity contribution < 1.29 is 13.2 Å². The van der Waals surface area contributed by atoms with E-state index in [4.69, 9.17) is 0 Å². The van der Waals surface area contributed by atoms with Crippen molar-refractivity contribution in [3.05, 3.63) is 43.0 Å². The van der Waals surface area contributed by atoms with E-state index in [9.17, 15) is 13.2 Å². The highest BCUT2D eigenvalue weighted by molar-refractivity contribution is 7.89. The van der Waals surface area contributed by atoms with E-state index in [1.54, 1.807) is 46.2 Å². The monoisotopic (exact) mass is 363 g/mol. The van der Waals surface area contributed by atoms with Crippen molar-refractivity contribution in [2.24, 2.45) is 0 Å². The maximum atomic E-state index is 12.6. The zero-order chi connectivity index (χ0) is 17.7. The highest BCUT2D eigenvalue weighted by atomic mass is 32.2. The molecular formula is C16H21N5O3S. The number of aryl methyl sites for hydroxylation is 1. The van der Waals surface area contributed by atoms with Crippen LogP contribution in [-0.2, 0) is 21.4 Å². The van der Waals surface area contributed by atoms with Gasteiger partial charge in [0.15, 0.2) is 0 Å². The molecule has 0 unspecified atom stereocenters. The molecule has 0 radical (unpaired) electrons. The molecule has 1 saturated heterocycles. The molecule has 0 saturated carbocycles. The van der Waals surface area contributed by atoms with Gasteiger partial charge in [0.05, 0.1) is 4.90 Å². The molecule has 1 aromatic carbocycles. The number of rotatable bonds is 6. The largest absolute Gasteiger partial charge is 0.340 e. The lowest BCUT2D eigenvalue weighted by atomic mass is 10.2. The summed E-state index contributed by atoms with van der Waals surface area (Å²) in [5.74, 6) is 0.0527. The van der Waals surface area contributed by atoms with Crippen molar-refractivity contribution >= 4 is 15.9 Å². The second kappa shape index (κ2) is 7.75. The Kier molecular flexibility index (Phi) is 5.44. The molecule has 9 heteroatoms. The van der Waals surface area contributed by atoms with Crippen molar-refractivity contribution in [2.75, 3.05) is 26.2 Å². The van der Waals surface area contributed by atoms with Crippen molar-refractivity contribution in [3.63, 3.8) is 0 Å². The van der Waals surface area contributed by atoms with Crippen LogP contribution in [0.3, 0.4) is 0 Å². The average Bonchev–Trinajstić information content (AvgIpc) is 3.16. The highest BCUT2D eigenvalue weighted by Gasteiger charge is 2.29. The molecule has 1 aliphatic rings. The fraction of sp³-hybridized carbons (Fsp3) is 0.438. The lowest BCUT2D eigenvalue weighted by molar-refractivity contribution is -0.132. The quantitative estimate of drug-likeness (QED) is 0.750.